The molecule has 0 saturated heterocycles. The van der Waals surface area contributed by atoms with E-state index in [9.17, 15) is 4.79 Å². The van der Waals surface area contributed by atoms with E-state index < -0.39 is 0 Å². The van der Waals surface area contributed by atoms with Crippen molar-refractivity contribution in [3.63, 3.8) is 0 Å². The predicted octanol–water partition coefficient (Wildman–Crippen LogP) is 3.03. The average Bonchev–Trinajstić information content (AvgIpc) is 3.02. The normalized spacial score (nSPS) is 22.5. The summed E-state index contributed by atoms with van der Waals surface area (Å²) in [5, 5.41) is 0. The molecule has 2 atom stereocenters. The molecule has 0 radical (unpaired) electrons. The summed E-state index contributed by atoms with van der Waals surface area (Å²) in [5.41, 5.74) is 6.58. The first kappa shape index (κ1) is 15.6. The highest BCUT2D eigenvalue weighted by atomic mass is 79.9. The summed E-state index contributed by atoms with van der Waals surface area (Å²) in [7, 11) is 1.91. The molecule has 20 heavy (non-hydrogen) atoms. The van der Waals surface area contributed by atoms with Crippen LogP contribution >= 0.6 is 15.9 Å². The van der Waals surface area contributed by atoms with Crippen molar-refractivity contribution in [2.24, 2.45) is 11.7 Å². The fourth-order valence-electron chi connectivity index (χ4n) is 3.18. The number of hydrogen-bond acceptors (Lipinski definition) is 2. The van der Waals surface area contributed by atoms with E-state index in [1.807, 2.05) is 28.8 Å². The highest BCUT2D eigenvalue weighted by molar-refractivity contribution is 9.10. The Kier molecular flexibility index (Phi) is 4.91. The zero-order valence-corrected chi connectivity index (χ0v) is 14.1. The molecule has 112 valence electrons. The minimum absolute atomic E-state index is 0.0924. The van der Waals surface area contributed by atoms with E-state index in [4.69, 9.17) is 5.73 Å². The molecule has 1 saturated carbocycles. The van der Waals surface area contributed by atoms with E-state index in [2.05, 4.69) is 29.8 Å². The molecule has 5 heteroatoms. The molecule has 0 aliphatic heterocycles. The SMILES string of the molecule is CC(C)n1cc(Br)cc1C(=O)N(C)C1CCCC1CN. The fourth-order valence-corrected chi connectivity index (χ4v) is 3.62. The number of rotatable bonds is 4. The van der Waals surface area contributed by atoms with Crippen molar-refractivity contribution in [3.05, 3.63) is 22.4 Å². The molecule has 1 heterocycles. The summed E-state index contributed by atoms with van der Waals surface area (Å²) in [6, 6.07) is 2.45. The van der Waals surface area contributed by atoms with Gasteiger partial charge in [-0.15, -0.1) is 0 Å². The van der Waals surface area contributed by atoms with Crippen LogP contribution in [0.15, 0.2) is 16.7 Å². The lowest BCUT2D eigenvalue weighted by atomic mass is 10.0. The van der Waals surface area contributed by atoms with Crippen LogP contribution in [0.3, 0.4) is 0 Å². The van der Waals surface area contributed by atoms with E-state index >= 15 is 0 Å². The van der Waals surface area contributed by atoms with E-state index in [0.29, 0.717) is 12.5 Å². The molecule has 1 aliphatic carbocycles. The van der Waals surface area contributed by atoms with Crippen LogP contribution in [-0.4, -0.2) is 35.0 Å². The molecule has 1 aromatic heterocycles. The zero-order chi connectivity index (χ0) is 14.9. The lowest BCUT2D eigenvalue weighted by molar-refractivity contribution is 0.0687. The molecule has 1 amide bonds. The second-order valence-corrected chi connectivity index (χ2v) is 6.87. The summed E-state index contributed by atoms with van der Waals surface area (Å²) in [6.45, 7) is 4.83. The van der Waals surface area contributed by atoms with Gasteiger partial charge < -0.3 is 15.2 Å². The van der Waals surface area contributed by atoms with Crippen LogP contribution in [0, 0.1) is 5.92 Å². The number of carbonyl (C=O) groups is 1. The summed E-state index contributed by atoms with van der Waals surface area (Å²) in [6.07, 6.45) is 5.33. The summed E-state index contributed by atoms with van der Waals surface area (Å²) in [4.78, 5) is 14.7. The van der Waals surface area contributed by atoms with Gasteiger partial charge in [0.15, 0.2) is 0 Å². The Labute approximate surface area is 129 Å². The maximum Gasteiger partial charge on any atom is 0.270 e. The number of halogens is 1. The van der Waals surface area contributed by atoms with E-state index in [1.54, 1.807) is 0 Å². The van der Waals surface area contributed by atoms with Gasteiger partial charge in [0.1, 0.15) is 5.69 Å². The van der Waals surface area contributed by atoms with Crippen LogP contribution in [0.1, 0.15) is 49.6 Å². The average molecular weight is 342 g/mol. The van der Waals surface area contributed by atoms with Gasteiger partial charge in [-0.3, -0.25) is 4.79 Å². The molecule has 0 bridgehead atoms. The van der Waals surface area contributed by atoms with Gasteiger partial charge in [0, 0.05) is 29.8 Å². The predicted molar refractivity (Wildman–Crippen MR) is 84.8 cm³/mol. The molecule has 2 unspecified atom stereocenters. The summed E-state index contributed by atoms with van der Waals surface area (Å²) in [5.74, 6) is 0.532. The van der Waals surface area contributed by atoms with Gasteiger partial charge in [-0.1, -0.05) is 6.42 Å². The van der Waals surface area contributed by atoms with Crippen LogP contribution < -0.4 is 5.73 Å². The van der Waals surface area contributed by atoms with Gasteiger partial charge in [-0.05, 0) is 61.1 Å². The van der Waals surface area contributed by atoms with Gasteiger partial charge in [0.25, 0.3) is 5.91 Å². The van der Waals surface area contributed by atoms with Gasteiger partial charge >= 0.3 is 0 Å². The number of aromatic nitrogens is 1. The van der Waals surface area contributed by atoms with Crippen LogP contribution in [-0.2, 0) is 0 Å². The van der Waals surface area contributed by atoms with Crippen molar-refractivity contribution in [3.8, 4) is 0 Å². The smallest absolute Gasteiger partial charge is 0.270 e. The molecule has 1 aliphatic rings. The van der Waals surface area contributed by atoms with Crippen molar-refractivity contribution in [1.82, 2.24) is 9.47 Å². The molecule has 2 N–H and O–H groups in total. The van der Waals surface area contributed by atoms with Gasteiger partial charge in [-0.25, -0.2) is 0 Å². The topological polar surface area (TPSA) is 51.3 Å². The quantitative estimate of drug-likeness (QED) is 0.914. The van der Waals surface area contributed by atoms with Crippen molar-refractivity contribution >= 4 is 21.8 Å². The van der Waals surface area contributed by atoms with Crippen LogP contribution in [0.2, 0.25) is 0 Å². The lowest BCUT2D eigenvalue weighted by Gasteiger charge is -2.29. The highest BCUT2D eigenvalue weighted by Gasteiger charge is 2.33. The van der Waals surface area contributed by atoms with E-state index in [-0.39, 0.29) is 18.0 Å². The van der Waals surface area contributed by atoms with E-state index in [0.717, 1.165) is 23.0 Å². The maximum absolute atomic E-state index is 12.8. The Balaban J connectivity index is 2.22. The molecular weight excluding hydrogens is 318 g/mol. The Bertz CT molecular complexity index is 483. The second kappa shape index (κ2) is 6.31. The number of carbonyl (C=O) groups excluding carboxylic acids is 1. The van der Waals surface area contributed by atoms with Crippen LogP contribution in [0.4, 0.5) is 0 Å². The summed E-state index contributed by atoms with van der Waals surface area (Å²) >= 11 is 3.47. The first-order valence-corrected chi connectivity index (χ1v) is 8.09. The van der Waals surface area contributed by atoms with Crippen molar-refractivity contribution in [2.75, 3.05) is 13.6 Å². The molecule has 1 fully saturated rings. The monoisotopic (exact) mass is 341 g/mol. The minimum Gasteiger partial charge on any atom is -0.340 e. The molecule has 1 aromatic rings. The van der Waals surface area contributed by atoms with Gasteiger partial charge in [0.05, 0.1) is 0 Å². The minimum atomic E-state index is 0.0924. The zero-order valence-electron chi connectivity index (χ0n) is 12.5. The number of amides is 1. The lowest BCUT2D eigenvalue weighted by Crippen LogP contribution is -2.42. The standard InChI is InChI=1S/C15H24BrN3O/c1-10(2)19-9-12(16)7-14(19)15(20)18(3)13-6-4-5-11(13)8-17/h7,9-11,13H,4-6,8,17H2,1-3H3. The van der Waals surface area contributed by atoms with Crippen molar-refractivity contribution in [2.45, 2.75) is 45.2 Å². The molecule has 0 spiro atoms. The first-order chi connectivity index (χ1) is 9.45. The molecular formula is C15H24BrN3O. The third-order valence-corrected chi connectivity index (χ3v) is 4.76. The molecule has 4 nitrogen and oxygen atoms in total. The fraction of sp³-hybridized carbons (Fsp3) is 0.667. The Morgan fingerprint density at radius 1 is 1.55 bits per heavy atom. The second-order valence-electron chi connectivity index (χ2n) is 5.95. The number of hydrogen-bond donors (Lipinski definition) is 1. The number of nitrogens with zero attached hydrogens (tertiary/aromatic N) is 2. The van der Waals surface area contributed by atoms with Crippen LogP contribution in [0.25, 0.3) is 0 Å². The van der Waals surface area contributed by atoms with Crippen LogP contribution in [0.5, 0.6) is 0 Å². The van der Waals surface area contributed by atoms with Gasteiger partial charge in [0.2, 0.25) is 0 Å². The third-order valence-electron chi connectivity index (χ3n) is 4.33. The molecule has 2 rings (SSSR count). The highest BCUT2D eigenvalue weighted by Crippen LogP contribution is 2.30. The Morgan fingerprint density at radius 2 is 2.25 bits per heavy atom. The Morgan fingerprint density at radius 3 is 2.85 bits per heavy atom. The van der Waals surface area contributed by atoms with Gasteiger partial charge in [-0.2, -0.15) is 0 Å². The molecule has 0 aromatic carbocycles. The van der Waals surface area contributed by atoms with Crippen molar-refractivity contribution in [1.29, 1.82) is 0 Å². The van der Waals surface area contributed by atoms with E-state index in [1.165, 1.54) is 6.42 Å². The number of nitrogens with two attached hydrogens (primary N) is 1. The summed E-state index contributed by atoms with van der Waals surface area (Å²) < 4.78 is 2.97. The first-order valence-electron chi connectivity index (χ1n) is 7.30. The third kappa shape index (κ3) is 2.93. The largest absolute Gasteiger partial charge is 0.340 e. The Hall–Kier alpha value is -0.810. The van der Waals surface area contributed by atoms with Crippen molar-refractivity contribution < 1.29 is 4.79 Å². The maximum atomic E-state index is 12.8.